The molecule has 0 saturated carbocycles. The molecule has 1 unspecified atom stereocenters. The van der Waals surface area contributed by atoms with Crippen LogP contribution in [0.2, 0.25) is 5.02 Å². The largest absolute Gasteiger partial charge is 0.494 e. The fourth-order valence-corrected chi connectivity index (χ4v) is 6.48. The van der Waals surface area contributed by atoms with E-state index in [1.165, 1.54) is 0 Å². The Morgan fingerprint density at radius 2 is 1.47 bits per heavy atom. The maximum atomic E-state index is 14.3. The van der Waals surface area contributed by atoms with Crippen LogP contribution < -0.4 is 4.74 Å². The Balaban J connectivity index is 0.00000213. The zero-order valence-corrected chi connectivity index (χ0v) is 27.9. The molecule has 4 aromatic rings. The molecule has 2 aliphatic rings. The van der Waals surface area contributed by atoms with E-state index in [9.17, 15) is 8.78 Å². The third kappa shape index (κ3) is 8.40. The number of fused-ring (bicyclic) bond motifs is 2. The molecule has 6 rings (SSSR count). The van der Waals surface area contributed by atoms with E-state index in [0.717, 1.165) is 28.0 Å². The second kappa shape index (κ2) is 16.2. The van der Waals surface area contributed by atoms with Crippen LogP contribution in [0.3, 0.4) is 0 Å². The van der Waals surface area contributed by atoms with Crippen LogP contribution in [0, 0.1) is 0 Å². The normalized spacial score (nSPS) is 23.3. The molecule has 250 valence electrons. The van der Waals surface area contributed by atoms with E-state index in [2.05, 4.69) is 0 Å². The van der Waals surface area contributed by atoms with E-state index in [0.29, 0.717) is 30.2 Å². The summed E-state index contributed by atoms with van der Waals surface area (Å²) in [7, 11) is 0. The summed E-state index contributed by atoms with van der Waals surface area (Å²) in [5, 5.41) is 0.595. The molecule has 2 aliphatic heterocycles. The van der Waals surface area contributed by atoms with E-state index in [1.807, 2.05) is 124 Å². The van der Waals surface area contributed by atoms with Gasteiger partial charge in [0.15, 0.2) is 5.79 Å². The van der Waals surface area contributed by atoms with Crippen molar-refractivity contribution in [3.05, 3.63) is 136 Å². The van der Waals surface area contributed by atoms with E-state index >= 15 is 0 Å². The first-order chi connectivity index (χ1) is 22.9. The van der Waals surface area contributed by atoms with Crippen molar-refractivity contribution in [2.24, 2.45) is 0 Å². The van der Waals surface area contributed by atoms with Crippen LogP contribution >= 0.6 is 11.6 Å². The van der Waals surface area contributed by atoms with Gasteiger partial charge in [0.1, 0.15) is 17.5 Å². The second-order valence-corrected chi connectivity index (χ2v) is 12.0. The lowest BCUT2D eigenvalue weighted by atomic mass is 9.83. The first kappa shape index (κ1) is 35.0. The maximum absolute atomic E-state index is 14.3. The molecule has 47 heavy (non-hydrogen) atoms. The third-order valence-electron chi connectivity index (χ3n) is 8.44. The summed E-state index contributed by atoms with van der Waals surface area (Å²) in [6, 6.07) is 32.9. The SMILES string of the molecule is CC.CCOc1ccc(Cc2cc([C@]34CC(OCc5ccccc5)[C@H](OCc5ccccc5)[C@](CC(F)F)(CO3)O4)ccc2Cl)cc1. The Hall–Kier alpha value is -3.33. The van der Waals surface area contributed by atoms with Crippen molar-refractivity contribution in [3.63, 3.8) is 0 Å². The van der Waals surface area contributed by atoms with Gasteiger partial charge < -0.3 is 23.7 Å². The van der Waals surface area contributed by atoms with Crippen molar-refractivity contribution in [2.75, 3.05) is 13.2 Å². The van der Waals surface area contributed by atoms with Gasteiger partial charge in [-0.25, -0.2) is 8.78 Å². The van der Waals surface area contributed by atoms with Gasteiger partial charge in [-0.1, -0.05) is 104 Å². The summed E-state index contributed by atoms with van der Waals surface area (Å²) in [4.78, 5) is 0. The van der Waals surface area contributed by atoms with Crippen molar-refractivity contribution >= 4 is 11.6 Å². The van der Waals surface area contributed by atoms with Crippen LogP contribution in [0.15, 0.2) is 103 Å². The predicted octanol–water partition coefficient (Wildman–Crippen LogP) is 9.52. The van der Waals surface area contributed by atoms with Crippen molar-refractivity contribution in [2.45, 2.75) is 83.3 Å². The van der Waals surface area contributed by atoms with Crippen molar-refractivity contribution < 1.29 is 32.5 Å². The van der Waals surface area contributed by atoms with Gasteiger partial charge in [-0.05, 0) is 59.9 Å². The zero-order valence-electron chi connectivity index (χ0n) is 27.2. The molecule has 0 aliphatic carbocycles. The van der Waals surface area contributed by atoms with E-state index in [1.54, 1.807) is 0 Å². The summed E-state index contributed by atoms with van der Waals surface area (Å²) in [5.74, 6) is -0.503. The Labute approximate surface area is 281 Å². The summed E-state index contributed by atoms with van der Waals surface area (Å²) in [5.41, 5.74) is 3.11. The molecule has 2 heterocycles. The molecule has 0 N–H and O–H groups in total. The van der Waals surface area contributed by atoms with Gasteiger partial charge in [0.05, 0.1) is 32.5 Å². The van der Waals surface area contributed by atoms with Gasteiger partial charge in [0.2, 0.25) is 6.43 Å². The first-order valence-corrected chi connectivity index (χ1v) is 16.7. The van der Waals surface area contributed by atoms with Crippen LogP contribution in [0.4, 0.5) is 8.78 Å². The Bertz CT molecular complexity index is 1540. The van der Waals surface area contributed by atoms with Crippen molar-refractivity contribution in [1.82, 2.24) is 0 Å². The number of rotatable bonds is 13. The lowest BCUT2D eigenvalue weighted by Crippen LogP contribution is -2.59. The molecule has 0 radical (unpaired) electrons. The van der Waals surface area contributed by atoms with Crippen LogP contribution in [0.1, 0.15) is 61.4 Å². The average Bonchev–Trinajstić information content (AvgIpc) is 3.40. The number of hydrogen-bond donors (Lipinski definition) is 0. The summed E-state index contributed by atoms with van der Waals surface area (Å²) in [6.45, 7) is 7.00. The Kier molecular flexibility index (Phi) is 12.0. The summed E-state index contributed by atoms with van der Waals surface area (Å²) < 4.78 is 60.2. The fourth-order valence-electron chi connectivity index (χ4n) is 6.30. The van der Waals surface area contributed by atoms with Crippen LogP contribution in [0.25, 0.3) is 0 Å². The molecule has 2 bridgehead atoms. The fraction of sp³-hybridized carbons (Fsp3) is 0.385. The number of benzene rings is 4. The number of hydrogen-bond acceptors (Lipinski definition) is 5. The number of ether oxygens (including phenoxy) is 5. The average molecular weight is 665 g/mol. The molecule has 2 fully saturated rings. The quantitative estimate of drug-likeness (QED) is 0.142. The zero-order chi connectivity index (χ0) is 33.3. The highest BCUT2D eigenvalue weighted by Gasteiger charge is 2.64. The minimum Gasteiger partial charge on any atom is -0.494 e. The molecule has 2 saturated heterocycles. The van der Waals surface area contributed by atoms with Gasteiger partial charge >= 0.3 is 0 Å². The van der Waals surface area contributed by atoms with Crippen LogP contribution in [0.5, 0.6) is 5.75 Å². The summed E-state index contributed by atoms with van der Waals surface area (Å²) in [6.07, 6.45) is -3.74. The molecule has 0 amide bonds. The molecule has 8 heteroatoms. The predicted molar refractivity (Wildman–Crippen MR) is 180 cm³/mol. The maximum Gasteiger partial charge on any atom is 0.241 e. The lowest BCUT2D eigenvalue weighted by molar-refractivity contribution is -0.298. The van der Waals surface area contributed by atoms with Crippen LogP contribution in [-0.2, 0) is 44.4 Å². The van der Waals surface area contributed by atoms with E-state index < -0.39 is 36.4 Å². The number of alkyl halides is 2. The minimum atomic E-state index is -2.64. The van der Waals surface area contributed by atoms with E-state index in [4.69, 9.17) is 35.3 Å². The van der Waals surface area contributed by atoms with Gasteiger partial charge in [0.25, 0.3) is 0 Å². The van der Waals surface area contributed by atoms with Gasteiger partial charge in [0, 0.05) is 23.4 Å². The topological polar surface area (TPSA) is 46.2 Å². The molecule has 4 aromatic carbocycles. The van der Waals surface area contributed by atoms with Crippen molar-refractivity contribution in [3.8, 4) is 5.75 Å². The highest BCUT2D eigenvalue weighted by Crippen LogP contribution is 2.53. The molecular formula is C39H43ClF2O5. The lowest BCUT2D eigenvalue weighted by Gasteiger charge is -2.47. The molecule has 5 nitrogen and oxygen atoms in total. The Morgan fingerprint density at radius 3 is 2.09 bits per heavy atom. The second-order valence-electron chi connectivity index (χ2n) is 11.6. The molecule has 0 spiro atoms. The van der Waals surface area contributed by atoms with Gasteiger partial charge in [-0.15, -0.1) is 0 Å². The third-order valence-corrected chi connectivity index (χ3v) is 8.81. The summed E-state index contributed by atoms with van der Waals surface area (Å²) >= 11 is 6.68. The first-order valence-electron chi connectivity index (χ1n) is 16.3. The highest BCUT2D eigenvalue weighted by atomic mass is 35.5. The van der Waals surface area contributed by atoms with Crippen molar-refractivity contribution in [1.29, 1.82) is 0 Å². The highest BCUT2D eigenvalue weighted by molar-refractivity contribution is 6.31. The standard InChI is InChI=1S/C37H37ClF2O5.C2H6/c1-2-41-31-16-13-26(14-17-31)19-29-20-30(15-18-32(29)38)37-21-33(42-23-27-9-5-3-6-10-27)35(43-24-28-11-7-4-8-12-28)36(45-37,25-44-37)22-34(39)40;1-2/h3-18,20,33-35H,2,19,21-25H2,1H3;1-2H3/t33?,35-,36-,37+;/m0./s1. The number of halogens is 3. The van der Waals surface area contributed by atoms with Crippen LogP contribution in [-0.4, -0.2) is 37.4 Å². The smallest absolute Gasteiger partial charge is 0.241 e. The molecule has 0 aromatic heterocycles. The van der Waals surface area contributed by atoms with Gasteiger partial charge in [-0.2, -0.15) is 0 Å². The van der Waals surface area contributed by atoms with Gasteiger partial charge in [-0.3, -0.25) is 0 Å². The monoisotopic (exact) mass is 664 g/mol. The Morgan fingerprint density at radius 1 is 0.830 bits per heavy atom. The minimum absolute atomic E-state index is 0.0567. The molecule has 4 atom stereocenters. The van der Waals surface area contributed by atoms with E-state index in [-0.39, 0.29) is 19.6 Å². The molecular weight excluding hydrogens is 622 g/mol.